The molecule has 2 aliphatic rings. The molecule has 0 fully saturated rings. The van der Waals surface area contributed by atoms with Crippen molar-refractivity contribution in [3.63, 3.8) is 0 Å². The highest BCUT2D eigenvalue weighted by Crippen LogP contribution is 2.44. The molecule has 2 atom stereocenters. The minimum Gasteiger partial charge on any atom is -0.463 e. The van der Waals surface area contributed by atoms with Crippen LogP contribution in [0, 0.1) is 0 Å². The summed E-state index contributed by atoms with van der Waals surface area (Å²) in [5.74, 6) is -1.81. The Morgan fingerprint density at radius 3 is 2.71 bits per heavy atom. The molecule has 1 aromatic rings. The van der Waals surface area contributed by atoms with Crippen LogP contribution in [0.3, 0.4) is 0 Å². The lowest BCUT2D eigenvalue weighted by atomic mass is 9.92. The Hall–Kier alpha value is -2.77. The molecule has 1 aliphatic carbocycles. The molecule has 5 nitrogen and oxygen atoms in total. The van der Waals surface area contributed by atoms with E-state index >= 15 is 0 Å². The number of carbonyl (C=O) groups excluding carboxylic acids is 2. The van der Waals surface area contributed by atoms with Crippen LogP contribution in [0.4, 0.5) is 13.2 Å². The predicted molar refractivity (Wildman–Crippen MR) is 91.9 cm³/mol. The van der Waals surface area contributed by atoms with Crippen molar-refractivity contribution in [3.8, 4) is 0 Å². The third kappa shape index (κ3) is 3.90. The largest absolute Gasteiger partial charge is 0.463 e. The van der Waals surface area contributed by atoms with Crippen molar-refractivity contribution >= 4 is 11.9 Å². The molecule has 1 aromatic carbocycles. The number of rotatable bonds is 5. The molecule has 0 saturated carbocycles. The molecule has 0 saturated heterocycles. The molecule has 2 unspecified atom stereocenters. The lowest BCUT2D eigenvalue weighted by molar-refractivity contribution is -0.152. The summed E-state index contributed by atoms with van der Waals surface area (Å²) >= 11 is 0. The molecule has 8 heteroatoms. The topological polar surface area (TPSA) is 61.8 Å². The van der Waals surface area contributed by atoms with Gasteiger partial charge in [-0.2, -0.15) is 13.2 Å². The lowest BCUT2D eigenvalue weighted by Gasteiger charge is -2.17. The number of carbonyl (C=O) groups is 2. The van der Waals surface area contributed by atoms with Gasteiger partial charge >= 0.3 is 18.1 Å². The van der Waals surface area contributed by atoms with Crippen molar-refractivity contribution in [2.24, 2.45) is 0 Å². The normalized spacial score (nSPS) is 21.8. The first-order valence-electron chi connectivity index (χ1n) is 8.83. The van der Waals surface area contributed by atoms with Crippen molar-refractivity contribution in [1.29, 1.82) is 0 Å². The zero-order chi connectivity index (χ0) is 20.5. The van der Waals surface area contributed by atoms with Crippen molar-refractivity contribution in [2.45, 2.75) is 45.1 Å². The number of alkyl halides is 3. The molecular weight excluding hydrogens is 377 g/mol. The third-order valence-corrected chi connectivity index (χ3v) is 4.72. The first-order chi connectivity index (χ1) is 13.2. The number of cyclic esters (lactones) is 1. The maximum atomic E-state index is 13.3. The standard InChI is InChI=1S/C20H19F3O5/c1-3-26-19(25)15(10-27-17-9-11(2)18(24)28-17)13-7-8-14-12(13)5-4-6-16(14)20(21,22)23/h4-6,9-10,13,17H,3,7-8H2,1-2H3/b15-10+. The fourth-order valence-corrected chi connectivity index (χ4v) is 3.44. The predicted octanol–water partition coefficient (Wildman–Crippen LogP) is 4.03. The minimum absolute atomic E-state index is 0.0916. The highest BCUT2D eigenvalue weighted by molar-refractivity contribution is 5.91. The average molecular weight is 396 g/mol. The molecule has 150 valence electrons. The van der Waals surface area contributed by atoms with Gasteiger partial charge in [0.15, 0.2) is 0 Å². The third-order valence-electron chi connectivity index (χ3n) is 4.72. The molecule has 0 aromatic heterocycles. The number of esters is 2. The maximum absolute atomic E-state index is 13.3. The van der Waals surface area contributed by atoms with E-state index in [0.29, 0.717) is 17.6 Å². The number of hydrogen-bond donors (Lipinski definition) is 0. The Morgan fingerprint density at radius 2 is 2.11 bits per heavy atom. The number of ether oxygens (including phenoxy) is 3. The first-order valence-corrected chi connectivity index (χ1v) is 8.83. The van der Waals surface area contributed by atoms with E-state index in [4.69, 9.17) is 14.2 Å². The van der Waals surface area contributed by atoms with Gasteiger partial charge in [-0.25, -0.2) is 9.59 Å². The smallest absolute Gasteiger partial charge is 0.416 e. The second kappa shape index (κ2) is 7.69. The summed E-state index contributed by atoms with van der Waals surface area (Å²) in [6.07, 6.45) is -2.37. The summed E-state index contributed by atoms with van der Waals surface area (Å²) in [6, 6.07) is 3.94. The summed E-state index contributed by atoms with van der Waals surface area (Å²) < 4.78 is 55.3. The van der Waals surface area contributed by atoms with Gasteiger partial charge in [0, 0.05) is 17.6 Å². The summed E-state index contributed by atoms with van der Waals surface area (Å²) in [5, 5.41) is 0. The quantitative estimate of drug-likeness (QED) is 0.427. The maximum Gasteiger partial charge on any atom is 0.416 e. The van der Waals surface area contributed by atoms with Crippen LogP contribution in [0.2, 0.25) is 0 Å². The van der Waals surface area contributed by atoms with Crippen LogP contribution in [-0.2, 0) is 36.4 Å². The van der Waals surface area contributed by atoms with Crippen LogP contribution in [-0.4, -0.2) is 24.8 Å². The number of hydrogen-bond acceptors (Lipinski definition) is 5. The Morgan fingerprint density at radius 1 is 1.36 bits per heavy atom. The molecular formula is C20H19F3O5. The van der Waals surface area contributed by atoms with Gasteiger partial charge in [0.1, 0.15) is 0 Å². The Balaban J connectivity index is 1.92. The average Bonchev–Trinajstić information content (AvgIpc) is 3.18. The number of benzene rings is 1. The lowest BCUT2D eigenvalue weighted by Crippen LogP contribution is -2.16. The number of fused-ring (bicyclic) bond motifs is 1. The van der Waals surface area contributed by atoms with Crippen molar-refractivity contribution in [3.05, 3.63) is 58.4 Å². The summed E-state index contributed by atoms with van der Waals surface area (Å²) in [4.78, 5) is 23.9. The van der Waals surface area contributed by atoms with Crippen molar-refractivity contribution in [1.82, 2.24) is 0 Å². The van der Waals surface area contributed by atoms with Crippen molar-refractivity contribution in [2.75, 3.05) is 6.61 Å². The second-order valence-corrected chi connectivity index (χ2v) is 6.52. The SMILES string of the molecule is CCOC(=O)/C(=C/OC1C=C(C)C(=O)O1)C1CCc2c1cccc2C(F)(F)F. The van der Waals surface area contributed by atoms with Gasteiger partial charge in [-0.05, 0) is 43.9 Å². The van der Waals surface area contributed by atoms with E-state index in [1.165, 1.54) is 12.1 Å². The first kappa shape index (κ1) is 20.0. The van der Waals surface area contributed by atoms with Crippen LogP contribution in [0.5, 0.6) is 0 Å². The van der Waals surface area contributed by atoms with E-state index in [2.05, 4.69) is 0 Å². The van der Waals surface area contributed by atoms with Crippen molar-refractivity contribution < 1.29 is 37.0 Å². The second-order valence-electron chi connectivity index (χ2n) is 6.52. The molecule has 1 aliphatic heterocycles. The Labute approximate surface area is 159 Å². The fraction of sp³-hybridized carbons (Fsp3) is 0.400. The van der Waals surface area contributed by atoms with Crippen LogP contribution in [0.1, 0.15) is 42.9 Å². The molecule has 0 N–H and O–H groups in total. The van der Waals surface area contributed by atoms with Gasteiger partial charge in [-0.1, -0.05) is 12.1 Å². The Bertz CT molecular complexity index is 854. The van der Waals surface area contributed by atoms with Crippen LogP contribution in [0.15, 0.2) is 41.7 Å². The van der Waals surface area contributed by atoms with E-state index < -0.39 is 35.9 Å². The van der Waals surface area contributed by atoms with Crippen LogP contribution >= 0.6 is 0 Å². The van der Waals surface area contributed by atoms with E-state index in [9.17, 15) is 22.8 Å². The zero-order valence-electron chi connectivity index (χ0n) is 15.3. The van der Waals surface area contributed by atoms with Gasteiger partial charge in [0.05, 0.1) is 24.0 Å². The van der Waals surface area contributed by atoms with Crippen LogP contribution in [0.25, 0.3) is 0 Å². The van der Waals surface area contributed by atoms with Gasteiger partial charge < -0.3 is 14.2 Å². The summed E-state index contributed by atoms with van der Waals surface area (Å²) in [5.41, 5.74) is 0.372. The van der Waals surface area contributed by atoms with Gasteiger partial charge in [-0.15, -0.1) is 0 Å². The zero-order valence-corrected chi connectivity index (χ0v) is 15.3. The van der Waals surface area contributed by atoms with E-state index in [1.54, 1.807) is 19.9 Å². The Kier molecular flexibility index (Phi) is 5.49. The van der Waals surface area contributed by atoms with Crippen LogP contribution < -0.4 is 0 Å². The molecule has 0 radical (unpaired) electrons. The molecule has 0 amide bonds. The van der Waals surface area contributed by atoms with Gasteiger partial charge in [0.2, 0.25) is 0 Å². The molecule has 0 spiro atoms. The highest BCUT2D eigenvalue weighted by atomic mass is 19.4. The summed E-state index contributed by atoms with van der Waals surface area (Å²) in [7, 11) is 0. The molecule has 0 bridgehead atoms. The number of halogens is 3. The molecule has 1 heterocycles. The van der Waals surface area contributed by atoms with E-state index in [-0.39, 0.29) is 24.2 Å². The highest BCUT2D eigenvalue weighted by Gasteiger charge is 2.39. The van der Waals surface area contributed by atoms with E-state index in [1.807, 2.05) is 0 Å². The van der Waals surface area contributed by atoms with E-state index in [0.717, 1.165) is 12.3 Å². The fourth-order valence-electron chi connectivity index (χ4n) is 3.44. The van der Waals surface area contributed by atoms with Gasteiger partial charge in [0.25, 0.3) is 6.29 Å². The summed E-state index contributed by atoms with van der Waals surface area (Å²) in [6.45, 7) is 3.30. The molecule has 28 heavy (non-hydrogen) atoms. The monoisotopic (exact) mass is 396 g/mol. The molecule has 3 rings (SSSR count). The minimum atomic E-state index is -4.47. The van der Waals surface area contributed by atoms with Gasteiger partial charge in [-0.3, -0.25) is 0 Å².